The van der Waals surface area contributed by atoms with E-state index in [0.29, 0.717) is 0 Å². The van der Waals surface area contributed by atoms with Crippen molar-refractivity contribution in [3.63, 3.8) is 0 Å². The molecule has 1 N–H and O–H groups in total. The normalized spacial score (nSPS) is 33.5. The first kappa shape index (κ1) is 8.52. The summed E-state index contributed by atoms with van der Waals surface area (Å²) in [6, 6.07) is 0.725. The Morgan fingerprint density at radius 1 is 0.917 bits per heavy atom. The molecule has 1 aliphatic heterocycles. The predicted octanol–water partition coefficient (Wildman–Crippen LogP) is 1.84. The van der Waals surface area contributed by atoms with Gasteiger partial charge in [-0.15, -0.1) is 0 Å². The van der Waals surface area contributed by atoms with E-state index in [1.54, 1.807) is 0 Å². The zero-order valence-electron chi connectivity index (χ0n) is 7.76. The molecule has 69 valence electrons. The first-order valence-electron chi connectivity index (χ1n) is 5.39. The SMILES string of the molecule is C1CCCC(C2CC[N]N2)CC1. The Morgan fingerprint density at radius 2 is 1.67 bits per heavy atom. The van der Waals surface area contributed by atoms with E-state index in [-0.39, 0.29) is 0 Å². The monoisotopic (exact) mass is 167 g/mol. The van der Waals surface area contributed by atoms with Crippen molar-refractivity contribution < 1.29 is 0 Å². The van der Waals surface area contributed by atoms with Gasteiger partial charge in [0, 0.05) is 12.6 Å². The van der Waals surface area contributed by atoms with E-state index in [2.05, 4.69) is 10.9 Å². The van der Waals surface area contributed by atoms with Crippen molar-refractivity contribution in [3.8, 4) is 0 Å². The molecule has 0 spiro atoms. The zero-order chi connectivity index (χ0) is 8.23. The summed E-state index contributed by atoms with van der Waals surface area (Å²) in [5.74, 6) is 0.929. The number of hydrogen-bond donors (Lipinski definition) is 1. The van der Waals surface area contributed by atoms with Crippen molar-refractivity contribution in [1.29, 1.82) is 0 Å². The van der Waals surface area contributed by atoms with Crippen molar-refractivity contribution in [3.05, 3.63) is 0 Å². The Bertz CT molecular complexity index is 122. The molecule has 1 heterocycles. The molecule has 2 rings (SSSR count). The lowest BCUT2D eigenvalue weighted by Gasteiger charge is -2.20. The highest BCUT2D eigenvalue weighted by Crippen LogP contribution is 2.27. The summed E-state index contributed by atoms with van der Waals surface area (Å²) < 4.78 is 0. The Labute approximate surface area is 75.1 Å². The highest BCUT2D eigenvalue weighted by molar-refractivity contribution is 4.80. The summed E-state index contributed by atoms with van der Waals surface area (Å²) in [5, 5.41) is 0. The van der Waals surface area contributed by atoms with Gasteiger partial charge in [0.15, 0.2) is 0 Å². The fourth-order valence-electron chi connectivity index (χ4n) is 2.50. The molecule has 12 heavy (non-hydrogen) atoms. The molecule has 2 nitrogen and oxygen atoms in total. The van der Waals surface area contributed by atoms with Crippen LogP contribution in [0.1, 0.15) is 44.9 Å². The summed E-state index contributed by atoms with van der Waals surface area (Å²) >= 11 is 0. The van der Waals surface area contributed by atoms with Crippen molar-refractivity contribution in [1.82, 2.24) is 10.9 Å². The maximum Gasteiger partial charge on any atom is 0.0319 e. The fourth-order valence-corrected chi connectivity index (χ4v) is 2.50. The average molecular weight is 167 g/mol. The van der Waals surface area contributed by atoms with Gasteiger partial charge in [-0.2, -0.15) is 5.43 Å². The van der Waals surface area contributed by atoms with E-state index in [9.17, 15) is 0 Å². The van der Waals surface area contributed by atoms with E-state index in [1.165, 1.54) is 44.9 Å². The second-order valence-corrected chi connectivity index (χ2v) is 4.16. The summed E-state index contributed by atoms with van der Waals surface area (Å²) in [4.78, 5) is 0. The highest BCUT2D eigenvalue weighted by Gasteiger charge is 2.25. The van der Waals surface area contributed by atoms with Gasteiger partial charge in [-0.1, -0.05) is 25.7 Å². The van der Waals surface area contributed by atoms with Crippen LogP contribution in [0.4, 0.5) is 0 Å². The van der Waals surface area contributed by atoms with E-state index in [1.807, 2.05) is 0 Å². The Kier molecular flexibility index (Phi) is 3.01. The quantitative estimate of drug-likeness (QED) is 0.592. The van der Waals surface area contributed by atoms with Crippen molar-refractivity contribution in [2.24, 2.45) is 5.92 Å². The third-order valence-electron chi connectivity index (χ3n) is 3.28. The molecule has 1 atom stereocenters. The number of nitrogens with zero attached hydrogens (tertiary/aromatic N) is 1. The molecule has 1 saturated carbocycles. The minimum Gasteiger partial charge on any atom is -0.237 e. The molecule has 1 aliphatic carbocycles. The first-order valence-corrected chi connectivity index (χ1v) is 5.39. The summed E-state index contributed by atoms with van der Waals surface area (Å²) in [6.07, 6.45) is 9.97. The third kappa shape index (κ3) is 1.99. The minimum absolute atomic E-state index is 0.725. The van der Waals surface area contributed by atoms with Gasteiger partial charge in [0.1, 0.15) is 0 Å². The molecule has 0 bridgehead atoms. The van der Waals surface area contributed by atoms with Crippen molar-refractivity contribution in [2.45, 2.75) is 51.0 Å². The van der Waals surface area contributed by atoms with Gasteiger partial charge >= 0.3 is 0 Å². The van der Waals surface area contributed by atoms with Gasteiger partial charge in [-0.05, 0) is 25.2 Å². The highest BCUT2D eigenvalue weighted by atomic mass is 15.4. The van der Waals surface area contributed by atoms with Gasteiger partial charge < -0.3 is 0 Å². The molecule has 2 fully saturated rings. The van der Waals surface area contributed by atoms with Crippen LogP contribution in [0.15, 0.2) is 0 Å². The van der Waals surface area contributed by atoms with Crippen LogP contribution in [-0.2, 0) is 0 Å². The zero-order valence-corrected chi connectivity index (χ0v) is 7.76. The molecule has 1 saturated heterocycles. The smallest absolute Gasteiger partial charge is 0.0319 e. The Balaban J connectivity index is 1.83. The topological polar surface area (TPSA) is 26.1 Å². The van der Waals surface area contributed by atoms with Gasteiger partial charge in [0.2, 0.25) is 0 Å². The van der Waals surface area contributed by atoms with Crippen molar-refractivity contribution in [2.75, 3.05) is 6.54 Å². The molecule has 2 heteroatoms. The second-order valence-electron chi connectivity index (χ2n) is 4.16. The Hall–Kier alpha value is -0.0800. The minimum atomic E-state index is 0.725. The molecule has 1 unspecified atom stereocenters. The van der Waals surface area contributed by atoms with Gasteiger partial charge in [0.25, 0.3) is 0 Å². The molecule has 0 aromatic carbocycles. The lowest BCUT2D eigenvalue weighted by atomic mass is 9.91. The lowest BCUT2D eigenvalue weighted by Crippen LogP contribution is -2.32. The van der Waals surface area contributed by atoms with Crippen LogP contribution >= 0.6 is 0 Å². The predicted molar refractivity (Wildman–Crippen MR) is 49.7 cm³/mol. The number of rotatable bonds is 1. The Morgan fingerprint density at radius 3 is 2.25 bits per heavy atom. The van der Waals surface area contributed by atoms with E-state index in [0.717, 1.165) is 18.5 Å². The second kappa shape index (κ2) is 4.24. The van der Waals surface area contributed by atoms with E-state index < -0.39 is 0 Å². The fraction of sp³-hybridized carbons (Fsp3) is 1.00. The van der Waals surface area contributed by atoms with Crippen LogP contribution in [0, 0.1) is 5.92 Å². The first-order chi connectivity index (χ1) is 5.97. The summed E-state index contributed by atoms with van der Waals surface area (Å²) in [6.45, 7) is 1.04. The largest absolute Gasteiger partial charge is 0.237 e. The van der Waals surface area contributed by atoms with Crippen molar-refractivity contribution >= 4 is 0 Å². The molecular formula is C10H19N2. The average Bonchev–Trinajstić information content (AvgIpc) is 2.48. The van der Waals surface area contributed by atoms with Crippen LogP contribution in [0.2, 0.25) is 0 Å². The molecule has 0 aromatic rings. The molecule has 0 amide bonds. The molecule has 0 aromatic heterocycles. The van der Waals surface area contributed by atoms with Gasteiger partial charge in [-0.25, -0.2) is 5.43 Å². The standard InChI is InChI=1S/C10H19N2/c1-2-4-6-9(5-3-1)10-7-8-11-12-10/h9-10,12H,1-8H2. The van der Waals surface area contributed by atoms with Crippen LogP contribution in [0.25, 0.3) is 0 Å². The van der Waals surface area contributed by atoms with Crippen LogP contribution in [-0.4, -0.2) is 12.6 Å². The maximum absolute atomic E-state index is 4.22. The number of hydrogen-bond acceptors (Lipinski definition) is 1. The van der Waals surface area contributed by atoms with Gasteiger partial charge in [-0.3, -0.25) is 0 Å². The van der Waals surface area contributed by atoms with Crippen LogP contribution in [0.3, 0.4) is 0 Å². The van der Waals surface area contributed by atoms with Gasteiger partial charge in [0.05, 0.1) is 0 Å². The molecular weight excluding hydrogens is 148 g/mol. The molecule has 1 radical (unpaired) electrons. The summed E-state index contributed by atoms with van der Waals surface area (Å²) in [5.41, 5.74) is 7.50. The van der Waals surface area contributed by atoms with Crippen LogP contribution < -0.4 is 10.9 Å². The van der Waals surface area contributed by atoms with E-state index in [4.69, 9.17) is 0 Å². The maximum atomic E-state index is 4.22. The third-order valence-corrected chi connectivity index (χ3v) is 3.28. The molecule has 2 aliphatic rings. The summed E-state index contributed by atoms with van der Waals surface area (Å²) in [7, 11) is 0. The number of nitrogens with one attached hydrogen (secondary N) is 1. The lowest BCUT2D eigenvalue weighted by molar-refractivity contribution is 0.337. The van der Waals surface area contributed by atoms with Crippen LogP contribution in [0.5, 0.6) is 0 Å². The van der Waals surface area contributed by atoms with E-state index >= 15 is 0 Å².